The molecule has 0 aromatic heterocycles. The molecule has 20 heavy (non-hydrogen) atoms. The minimum Gasteiger partial charge on any atom is -0.345 e. The summed E-state index contributed by atoms with van der Waals surface area (Å²) >= 11 is 0. The van der Waals surface area contributed by atoms with E-state index in [9.17, 15) is 9.59 Å². The molecule has 6 heteroatoms. The molecular formula is C14H20N4O2. The largest absolute Gasteiger partial charge is 0.345 e. The van der Waals surface area contributed by atoms with Crippen molar-refractivity contribution in [2.45, 2.75) is 13.0 Å². The topological polar surface area (TPSA) is 78.7 Å². The van der Waals surface area contributed by atoms with Gasteiger partial charge in [-0.25, -0.2) is 5.84 Å². The number of hydrogen-bond acceptors (Lipinski definition) is 4. The summed E-state index contributed by atoms with van der Waals surface area (Å²) in [5.74, 6) is 5.00. The monoisotopic (exact) mass is 276 g/mol. The van der Waals surface area contributed by atoms with Crippen molar-refractivity contribution in [2.24, 2.45) is 5.84 Å². The molecule has 1 fully saturated rings. The summed E-state index contributed by atoms with van der Waals surface area (Å²) in [7, 11) is 1.82. The summed E-state index contributed by atoms with van der Waals surface area (Å²) in [6.45, 7) is 2.58. The average molecular weight is 276 g/mol. The molecule has 0 radical (unpaired) electrons. The number of nitrogens with zero attached hydrogens (tertiary/aromatic N) is 2. The predicted molar refractivity (Wildman–Crippen MR) is 75.6 cm³/mol. The third kappa shape index (κ3) is 3.34. The van der Waals surface area contributed by atoms with Gasteiger partial charge in [0.05, 0.1) is 6.54 Å². The fraction of sp³-hybridized carbons (Fsp3) is 0.429. The van der Waals surface area contributed by atoms with Crippen molar-refractivity contribution >= 4 is 11.8 Å². The first-order valence-electron chi connectivity index (χ1n) is 6.67. The van der Waals surface area contributed by atoms with E-state index >= 15 is 0 Å². The standard InChI is InChI=1S/C14H20N4O2/c1-17-7-4-8-18(10-13(17)19)9-11-5-2-3-6-12(11)14(20)16-15/h2-3,5-6H,4,7-10,15H2,1H3,(H,16,20). The number of benzene rings is 1. The zero-order valence-electron chi connectivity index (χ0n) is 11.6. The number of likely N-dealkylation sites (N-methyl/N-ethyl adjacent to an activating group) is 1. The Kier molecular flexibility index (Phi) is 4.70. The van der Waals surface area contributed by atoms with Gasteiger partial charge in [0.2, 0.25) is 5.91 Å². The normalized spacial score (nSPS) is 16.9. The molecule has 1 saturated heterocycles. The summed E-state index contributed by atoms with van der Waals surface area (Å²) in [5, 5.41) is 0. The molecule has 1 aromatic carbocycles. The summed E-state index contributed by atoms with van der Waals surface area (Å²) in [6.07, 6.45) is 0.938. The molecule has 6 nitrogen and oxygen atoms in total. The Morgan fingerprint density at radius 1 is 1.35 bits per heavy atom. The molecule has 0 bridgehead atoms. The highest BCUT2D eigenvalue weighted by Gasteiger charge is 2.20. The SMILES string of the molecule is CN1CCCN(Cc2ccccc2C(=O)NN)CC1=O. The lowest BCUT2D eigenvalue weighted by molar-refractivity contribution is -0.130. The molecule has 1 aromatic rings. The van der Waals surface area contributed by atoms with Crippen molar-refractivity contribution in [3.8, 4) is 0 Å². The molecular weight excluding hydrogens is 256 g/mol. The molecule has 0 saturated carbocycles. The van der Waals surface area contributed by atoms with Crippen LogP contribution in [0.4, 0.5) is 0 Å². The molecule has 2 rings (SSSR count). The zero-order chi connectivity index (χ0) is 14.5. The molecule has 1 aliphatic heterocycles. The minimum absolute atomic E-state index is 0.114. The van der Waals surface area contributed by atoms with Crippen LogP contribution in [0.1, 0.15) is 22.3 Å². The fourth-order valence-electron chi connectivity index (χ4n) is 2.38. The second-order valence-corrected chi connectivity index (χ2v) is 5.01. The number of nitrogens with two attached hydrogens (primary N) is 1. The van der Waals surface area contributed by atoms with Crippen LogP contribution in [0.5, 0.6) is 0 Å². The van der Waals surface area contributed by atoms with Crippen LogP contribution in [0.2, 0.25) is 0 Å². The summed E-state index contributed by atoms with van der Waals surface area (Å²) in [5.41, 5.74) is 3.59. The minimum atomic E-state index is -0.307. The van der Waals surface area contributed by atoms with Crippen molar-refractivity contribution < 1.29 is 9.59 Å². The lowest BCUT2D eigenvalue weighted by Gasteiger charge is -2.20. The Balaban J connectivity index is 2.13. The smallest absolute Gasteiger partial charge is 0.265 e. The van der Waals surface area contributed by atoms with E-state index in [0.29, 0.717) is 18.7 Å². The van der Waals surface area contributed by atoms with Crippen molar-refractivity contribution in [3.63, 3.8) is 0 Å². The van der Waals surface area contributed by atoms with Crippen LogP contribution in [0.3, 0.4) is 0 Å². The maximum atomic E-state index is 11.9. The highest BCUT2D eigenvalue weighted by Crippen LogP contribution is 2.13. The third-order valence-electron chi connectivity index (χ3n) is 3.54. The van der Waals surface area contributed by atoms with Gasteiger partial charge >= 0.3 is 0 Å². The van der Waals surface area contributed by atoms with Crippen LogP contribution < -0.4 is 11.3 Å². The number of amides is 2. The Morgan fingerprint density at radius 3 is 2.85 bits per heavy atom. The van der Waals surface area contributed by atoms with E-state index in [-0.39, 0.29) is 11.8 Å². The first-order chi connectivity index (χ1) is 9.61. The third-order valence-corrected chi connectivity index (χ3v) is 3.54. The van der Waals surface area contributed by atoms with Crippen LogP contribution in [0, 0.1) is 0 Å². The van der Waals surface area contributed by atoms with Gasteiger partial charge in [0, 0.05) is 32.2 Å². The molecule has 2 amide bonds. The summed E-state index contributed by atoms with van der Waals surface area (Å²) in [6, 6.07) is 7.32. The number of carbonyl (C=O) groups is 2. The lowest BCUT2D eigenvalue weighted by atomic mass is 10.1. The van der Waals surface area contributed by atoms with Crippen molar-refractivity contribution in [1.29, 1.82) is 0 Å². The van der Waals surface area contributed by atoms with E-state index in [1.165, 1.54) is 0 Å². The quantitative estimate of drug-likeness (QED) is 0.461. The highest BCUT2D eigenvalue weighted by atomic mass is 16.2. The number of carbonyl (C=O) groups excluding carboxylic acids is 2. The molecule has 0 aliphatic carbocycles. The van der Waals surface area contributed by atoms with E-state index < -0.39 is 0 Å². The molecule has 1 aliphatic rings. The maximum Gasteiger partial charge on any atom is 0.265 e. The number of hydrazine groups is 1. The Labute approximate surface area is 118 Å². The first kappa shape index (κ1) is 14.5. The van der Waals surface area contributed by atoms with Crippen LogP contribution in [0.15, 0.2) is 24.3 Å². The predicted octanol–water partition coefficient (Wildman–Crippen LogP) is -0.0458. The second-order valence-electron chi connectivity index (χ2n) is 5.01. The van der Waals surface area contributed by atoms with E-state index in [1.54, 1.807) is 17.0 Å². The van der Waals surface area contributed by atoms with Crippen LogP contribution in [-0.2, 0) is 11.3 Å². The summed E-state index contributed by atoms with van der Waals surface area (Å²) < 4.78 is 0. The molecule has 108 valence electrons. The number of hydrogen-bond donors (Lipinski definition) is 2. The highest BCUT2D eigenvalue weighted by molar-refractivity contribution is 5.95. The van der Waals surface area contributed by atoms with E-state index in [4.69, 9.17) is 5.84 Å². The molecule has 0 spiro atoms. The maximum absolute atomic E-state index is 11.9. The van der Waals surface area contributed by atoms with Gasteiger partial charge in [0.25, 0.3) is 5.91 Å². The van der Waals surface area contributed by atoms with Gasteiger partial charge in [-0.15, -0.1) is 0 Å². The van der Waals surface area contributed by atoms with Gasteiger partial charge in [-0.3, -0.25) is 19.9 Å². The van der Waals surface area contributed by atoms with Crippen LogP contribution in [-0.4, -0.2) is 48.3 Å². The number of nitrogens with one attached hydrogen (secondary N) is 1. The fourth-order valence-corrected chi connectivity index (χ4v) is 2.38. The zero-order valence-corrected chi connectivity index (χ0v) is 11.6. The number of nitrogen functional groups attached to an aromatic ring is 1. The van der Waals surface area contributed by atoms with Crippen LogP contribution in [0.25, 0.3) is 0 Å². The molecule has 0 unspecified atom stereocenters. The second kappa shape index (κ2) is 6.49. The molecule has 0 atom stereocenters. The van der Waals surface area contributed by atoms with Crippen LogP contribution >= 0.6 is 0 Å². The van der Waals surface area contributed by atoms with Gasteiger partial charge in [0.15, 0.2) is 0 Å². The van der Waals surface area contributed by atoms with Gasteiger partial charge in [-0.2, -0.15) is 0 Å². The number of rotatable bonds is 3. The van der Waals surface area contributed by atoms with E-state index in [0.717, 1.165) is 25.1 Å². The van der Waals surface area contributed by atoms with Gasteiger partial charge in [-0.1, -0.05) is 18.2 Å². The molecule has 1 heterocycles. The van der Waals surface area contributed by atoms with Gasteiger partial charge in [0.1, 0.15) is 0 Å². The Morgan fingerprint density at radius 2 is 2.10 bits per heavy atom. The summed E-state index contributed by atoms with van der Waals surface area (Å²) in [4.78, 5) is 27.4. The van der Waals surface area contributed by atoms with Gasteiger partial charge in [-0.05, 0) is 18.1 Å². The van der Waals surface area contributed by atoms with Gasteiger partial charge < -0.3 is 4.90 Å². The van der Waals surface area contributed by atoms with Crippen molar-refractivity contribution in [2.75, 3.05) is 26.7 Å². The molecule has 3 N–H and O–H groups in total. The van der Waals surface area contributed by atoms with Crippen molar-refractivity contribution in [3.05, 3.63) is 35.4 Å². The van der Waals surface area contributed by atoms with E-state index in [2.05, 4.69) is 10.3 Å². The Hall–Kier alpha value is -1.92. The van der Waals surface area contributed by atoms with Crippen molar-refractivity contribution in [1.82, 2.24) is 15.2 Å². The van der Waals surface area contributed by atoms with E-state index in [1.807, 2.05) is 19.2 Å². The average Bonchev–Trinajstić information content (AvgIpc) is 2.61. The first-order valence-corrected chi connectivity index (χ1v) is 6.67. The Bertz CT molecular complexity index is 504. The lowest BCUT2D eigenvalue weighted by Crippen LogP contribution is -2.35.